The van der Waals surface area contributed by atoms with Crippen LogP contribution < -0.4 is 5.32 Å². The van der Waals surface area contributed by atoms with Crippen molar-refractivity contribution < 1.29 is 14.8 Å². The second-order valence-electron chi connectivity index (χ2n) is 3.81. The first kappa shape index (κ1) is 13.4. The minimum absolute atomic E-state index is 0.0191. The van der Waals surface area contributed by atoms with E-state index in [1.807, 2.05) is 0 Å². The third kappa shape index (κ3) is 3.05. The number of para-hydroxylation sites is 1. The van der Waals surface area contributed by atoms with Crippen LogP contribution in [0.4, 0.5) is 11.6 Å². The second-order valence-corrected chi connectivity index (χ2v) is 3.81. The number of benzene rings is 1. The van der Waals surface area contributed by atoms with Gasteiger partial charge in [0.2, 0.25) is 5.95 Å². The van der Waals surface area contributed by atoms with Crippen molar-refractivity contribution in [3.63, 3.8) is 0 Å². The smallest absolute Gasteiger partial charge is 0.354 e. The molecule has 0 aliphatic carbocycles. The number of aromatic nitrogens is 2. The summed E-state index contributed by atoms with van der Waals surface area (Å²) < 4.78 is 0. The van der Waals surface area contributed by atoms with Crippen molar-refractivity contribution in [3.8, 4) is 0 Å². The van der Waals surface area contributed by atoms with E-state index in [4.69, 9.17) is 5.11 Å². The highest BCUT2D eigenvalue weighted by Gasteiger charge is 2.12. The van der Waals surface area contributed by atoms with Crippen LogP contribution in [-0.4, -0.2) is 26.0 Å². The predicted octanol–water partition coefficient (Wildman–Crippen LogP) is 1.70. The number of rotatable bonds is 5. The molecule has 0 unspecified atom stereocenters. The molecule has 8 heteroatoms. The van der Waals surface area contributed by atoms with Crippen molar-refractivity contribution in [1.82, 2.24) is 9.97 Å². The van der Waals surface area contributed by atoms with Crippen LogP contribution in [0.25, 0.3) is 0 Å². The lowest BCUT2D eigenvalue weighted by Crippen LogP contribution is -2.08. The fourth-order valence-electron chi connectivity index (χ4n) is 1.58. The SMILES string of the molecule is O=C(O)c1ccnc(NCc2ccccc2[N+](=O)[O-])n1. The fraction of sp³-hybridized carbons (Fsp3) is 0.0833. The number of nitro groups is 1. The Bertz CT molecular complexity index is 659. The van der Waals surface area contributed by atoms with Gasteiger partial charge < -0.3 is 10.4 Å². The molecule has 2 aromatic rings. The Morgan fingerprint density at radius 2 is 2.10 bits per heavy atom. The summed E-state index contributed by atoms with van der Waals surface area (Å²) in [6, 6.07) is 7.51. The van der Waals surface area contributed by atoms with Crippen LogP contribution in [0.3, 0.4) is 0 Å². The zero-order valence-electron chi connectivity index (χ0n) is 10.2. The van der Waals surface area contributed by atoms with E-state index < -0.39 is 10.9 Å². The lowest BCUT2D eigenvalue weighted by atomic mass is 10.2. The third-order valence-corrected chi connectivity index (χ3v) is 2.50. The number of carboxylic acid groups (broad SMARTS) is 1. The molecule has 0 atom stereocenters. The summed E-state index contributed by atoms with van der Waals surface area (Å²) in [6.45, 7) is 0.125. The highest BCUT2D eigenvalue weighted by molar-refractivity contribution is 5.85. The Kier molecular flexibility index (Phi) is 3.85. The first-order valence-electron chi connectivity index (χ1n) is 5.60. The topological polar surface area (TPSA) is 118 Å². The number of nitrogens with zero attached hydrogens (tertiary/aromatic N) is 3. The quantitative estimate of drug-likeness (QED) is 0.629. The van der Waals surface area contributed by atoms with Gasteiger partial charge in [0, 0.05) is 24.4 Å². The van der Waals surface area contributed by atoms with Crippen LogP contribution in [0, 0.1) is 10.1 Å². The predicted molar refractivity (Wildman–Crippen MR) is 69.4 cm³/mol. The summed E-state index contributed by atoms with van der Waals surface area (Å²) in [5.74, 6) is -1.07. The number of hydrogen-bond donors (Lipinski definition) is 2. The summed E-state index contributed by atoms with van der Waals surface area (Å²) in [7, 11) is 0. The van der Waals surface area contributed by atoms with Gasteiger partial charge in [-0.25, -0.2) is 14.8 Å². The summed E-state index contributed by atoms with van der Waals surface area (Å²) >= 11 is 0. The Morgan fingerprint density at radius 1 is 1.35 bits per heavy atom. The van der Waals surface area contributed by atoms with Crippen LogP contribution >= 0.6 is 0 Å². The van der Waals surface area contributed by atoms with Crippen LogP contribution in [0.15, 0.2) is 36.5 Å². The molecule has 2 N–H and O–H groups in total. The average Bonchev–Trinajstić information content (AvgIpc) is 2.45. The van der Waals surface area contributed by atoms with E-state index in [9.17, 15) is 14.9 Å². The van der Waals surface area contributed by atoms with Crippen molar-refractivity contribution in [2.45, 2.75) is 6.54 Å². The molecule has 1 heterocycles. The maximum absolute atomic E-state index is 10.8. The van der Waals surface area contributed by atoms with E-state index in [1.165, 1.54) is 18.3 Å². The lowest BCUT2D eigenvalue weighted by Gasteiger charge is -2.05. The molecule has 0 spiro atoms. The van der Waals surface area contributed by atoms with Crippen molar-refractivity contribution in [2.75, 3.05) is 5.32 Å². The molecule has 20 heavy (non-hydrogen) atoms. The number of nitro benzene ring substituents is 1. The molecular weight excluding hydrogens is 264 g/mol. The largest absolute Gasteiger partial charge is 0.477 e. The molecule has 2 rings (SSSR count). The van der Waals surface area contributed by atoms with Gasteiger partial charge in [-0.3, -0.25) is 10.1 Å². The molecule has 0 bridgehead atoms. The number of hydrogen-bond acceptors (Lipinski definition) is 6. The van der Waals surface area contributed by atoms with Gasteiger partial charge in [-0.15, -0.1) is 0 Å². The maximum Gasteiger partial charge on any atom is 0.354 e. The zero-order valence-corrected chi connectivity index (χ0v) is 10.2. The first-order valence-corrected chi connectivity index (χ1v) is 5.60. The molecule has 102 valence electrons. The Balaban J connectivity index is 2.15. The summed E-state index contributed by atoms with van der Waals surface area (Å²) in [4.78, 5) is 28.8. The van der Waals surface area contributed by atoms with Gasteiger partial charge in [-0.2, -0.15) is 0 Å². The first-order chi connectivity index (χ1) is 9.58. The van der Waals surface area contributed by atoms with Crippen molar-refractivity contribution in [2.24, 2.45) is 0 Å². The van der Waals surface area contributed by atoms with Crippen molar-refractivity contribution >= 4 is 17.6 Å². The summed E-state index contributed by atoms with van der Waals surface area (Å²) in [6.07, 6.45) is 1.30. The van der Waals surface area contributed by atoms with Crippen LogP contribution in [0.5, 0.6) is 0 Å². The van der Waals surface area contributed by atoms with Gasteiger partial charge in [0.05, 0.1) is 4.92 Å². The third-order valence-electron chi connectivity index (χ3n) is 2.50. The Labute approximate surface area is 113 Å². The van der Waals surface area contributed by atoms with Crippen LogP contribution in [0.1, 0.15) is 16.1 Å². The average molecular weight is 274 g/mol. The lowest BCUT2D eigenvalue weighted by molar-refractivity contribution is -0.385. The van der Waals surface area contributed by atoms with Crippen LogP contribution in [0.2, 0.25) is 0 Å². The number of carboxylic acids is 1. The maximum atomic E-state index is 10.8. The summed E-state index contributed by atoms with van der Waals surface area (Å²) in [5, 5.41) is 22.4. The minimum Gasteiger partial charge on any atom is -0.477 e. The molecule has 1 aromatic carbocycles. The van der Waals surface area contributed by atoms with Gasteiger partial charge in [0.1, 0.15) is 0 Å². The number of carbonyl (C=O) groups is 1. The van der Waals surface area contributed by atoms with Gasteiger partial charge in [-0.05, 0) is 6.07 Å². The van der Waals surface area contributed by atoms with E-state index in [0.717, 1.165) is 0 Å². The van der Waals surface area contributed by atoms with Gasteiger partial charge in [0.15, 0.2) is 5.69 Å². The molecule has 8 nitrogen and oxygen atoms in total. The fourth-order valence-corrected chi connectivity index (χ4v) is 1.58. The van der Waals surface area contributed by atoms with Crippen molar-refractivity contribution in [1.29, 1.82) is 0 Å². The van der Waals surface area contributed by atoms with Gasteiger partial charge >= 0.3 is 5.97 Å². The normalized spacial score (nSPS) is 10.0. The number of aromatic carboxylic acids is 1. The van der Waals surface area contributed by atoms with E-state index >= 15 is 0 Å². The number of anilines is 1. The van der Waals surface area contributed by atoms with Gasteiger partial charge in [0.25, 0.3) is 5.69 Å². The molecule has 0 aliphatic rings. The monoisotopic (exact) mass is 274 g/mol. The molecule has 0 radical (unpaired) electrons. The zero-order chi connectivity index (χ0) is 14.5. The number of nitrogens with one attached hydrogen (secondary N) is 1. The van der Waals surface area contributed by atoms with E-state index in [2.05, 4.69) is 15.3 Å². The summed E-state index contributed by atoms with van der Waals surface area (Å²) in [5.41, 5.74) is 0.293. The molecular formula is C12H10N4O4. The molecule has 0 aliphatic heterocycles. The second kappa shape index (κ2) is 5.74. The molecule has 1 aromatic heterocycles. The molecule has 0 fully saturated rings. The van der Waals surface area contributed by atoms with E-state index in [1.54, 1.807) is 18.2 Å². The minimum atomic E-state index is -1.17. The highest BCUT2D eigenvalue weighted by atomic mass is 16.6. The highest BCUT2D eigenvalue weighted by Crippen LogP contribution is 2.18. The Hall–Kier alpha value is -3.03. The van der Waals surface area contributed by atoms with Gasteiger partial charge in [-0.1, -0.05) is 18.2 Å². The molecule has 0 saturated carbocycles. The van der Waals surface area contributed by atoms with Crippen molar-refractivity contribution in [3.05, 3.63) is 57.9 Å². The Morgan fingerprint density at radius 3 is 2.80 bits per heavy atom. The molecule has 0 amide bonds. The molecule has 0 saturated heterocycles. The van der Waals surface area contributed by atoms with Crippen LogP contribution in [-0.2, 0) is 6.54 Å². The van der Waals surface area contributed by atoms with E-state index in [-0.39, 0.29) is 23.9 Å². The van der Waals surface area contributed by atoms with E-state index in [0.29, 0.717) is 5.56 Å². The standard InChI is InChI=1S/C12H10N4O4/c17-11(18)9-5-6-13-12(15-9)14-7-8-3-1-2-4-10(8)16(19)20/h1-6H,7H2,(H,17,18)(H,13,14,15).